The number of carbonyl (C=O) groups excluding carboxylic acids is 3. The quantitative estimate of drug-likeness (QED) is 0.381. The fourth-order valence-electron chi connectivity index (χ4n) is 4.42. The van der Waals surface area contributed by atoms with Gasteiger partial charge in [0.15, 0.2) is 5.17 Å². The van der Waals surface area contributed by atoms with Crippen LogP contribution in [-0.2, 0) is 20.9 Å². The Balaban J connectivity index is 1.28. The van der Waals surface area contributed by atoms with Gasteiger partial charge in [0.2, 0.25) is 11.8 Å². The molecule has 0 spiro atoms. The SMILES string of the molecule is COc1ccccc1CNC(=O)CC1N=C2c3ccccc3N=C(SCC(=O)Nc3cc(Cl)ccc3OC)N2C1=O. The highest BCUT2D eigenvalue weighted by Crippen LogP contribution is 2.34. The van der Waals surface area contributed by atoms with Crippen LogP contribution in [0.1, 0.15) is 17.5 Å². The number of carbonyl (C=O) groups is 3. The van der Waals surface area contributed by atoms with Crippen molar-refractivity contribution in [3.05, 3.63) is 82.9 Å². The minimum Gasteiger partial charge on any atom is -0.496 e. The van der Waals surface area contributed by atoms with Gasteiger partial charge in [0, 0.05) is 22.7 Å². The molecule has 1 unspecified atom stereocenters. The van der Waals surface area contributed by atoms with Gasteiger partial charge in [-0.15, -0.1) is 0 Å². The molecule has 1 atom stereocenters. The number of rotatable bonds is 9. The van der Waals surface area contributed by atoms with E-state index in [1.165, 1.54) is 12.0 Å². The zero-order valence-electron chi connectivity index (χ0n) is 22.2. The minimum absolute atomic E-state index is 0.0439. The van der Waals surface area contributed by atoms with Crippen LogP contribution in [0.2, 0.25) is 5.02 Å². The first-order valence-electron chi connectivity index (χ1n) is 12.6. The predicted molar refractivity (Wildman–Crippen MR) is 159 cm³/mol. The molecule has 2 heterocycles. The van der Waals surface area contributed by atoms with Crippen molar-refractivity contribution in [1.29, 1.82) is 0 Å². The molecule has 0 radical (unpaired) electrons. The van der Waals surface area contributed by atoms with E-state index in [1.54, 1.807) is 25.3 Å². The summed E-state index contributed by atoms with van der Waals surface area (Å²) in [6.07, 6.45) is -0.136. The number of hydrogen-bond acceptors (Lipinski definition) is 8. The van der Waals surface area contributed by atoms with Gasteiger partial charge in [0.1, 0.15) is 23.4 Å². The second-order valence-corrected chi connectivity index (χ2v) is 10.4. The number of benzene rings is 3. The average Bonchev–Trinajstić information content (AvgIpc) is 3.31. The van der Waals surface area contributed by atoms with E-state index in [0.717, 1.165) is 17.3 Å². The number of nitrogens with one attached hydrogen (secondary N) is 2. The van der Waals surface area contributed by atoms with Gasteiger partial charge in [-0.2, -0.15) is 0 Å². The molecule has 210 valence electrons. The summed E-state index contributed by atoms with van der Waals surface area (Å²) in [4.78, 5) is 49.8. The molecule has 12 heteroatoms. The molecule has 0 aromatic heterocycles. The summed E-state index contributed by atoms with van der Waals surface area (Å²) < 4.78 is 10.6. The lowest BCUT2D eigenvalue weighted by atomic mass is 10.1. The number of thioether (sulfide) groups is 1. The molecular weight excluding hydrogens is 566 g/mol. The second kappa shape index (κ2) is 12.4. The monoisotopic (exact) mass is 591 g/mol. The van der Waals surface area contributed by atoms with Gasteiger partial charge < -0.3 is 20.1 Å². The van der Waals surface area contributed by atoms with E-state index in [1.807, 2.05) is 48.5 Å². The van der Waals surface area contributed by atoms with Crippen molar-refractivity contribution in [2.24, 2.45) is 9.98 Å². The van der Waals surface area contributed by atoms with Crippen LogP contribution in [0.15, 0.2) is 76.7 Å². The summed E-state index contributed by atoms with van der Waals surface area (Å²) in [7, 11) is 3.06. The minimum atomic E-state index is -0.927. The molecular formula is C29H26ClN5O5S. The average molecular weight is 592 g/mol. The summed E-state index contributed by atoms with van der Waals surface area (Å²) in [5.74, 6) is 0.439. The van der Waals surface area contributed by atoms with Crippen molar-refractivity contribution in [3.8, 4) is 11.5 Å². The maximum Gasteiger partial charge on any atom is 0.259 e. The first-order valence-corrected chi connectivity index (χ1v) is 14.0. The van der Waals surface area contributed by atoms with Crippen molar-refractivity contribution in [3.63, 3.8) is 0 Å². The fourth-order valence-corrected chi connectivity index (χ4v) is 5.39. The summed E-state index contributed by atoms with van der Waals surface area (Å²) in [6.45, 7) is 0.252. The molecule has 0 saturated carbocycles. The van der Waals surface area contributed by atoms with Crippen LogP contribution in [0.3, 0.4) is 0 Å². The van der Waals surface area contributed by atoms with Crippen LogP contribution in [0.4, 0.5) is 11.4 Å². The summed E-state index contributed by atoms with van der Waals surface area (Å²) >= 11 is 7.17. The number of amides is 3. The Bertz CT molecular complexity index is 1580. The molecule has 3 amide bonds. The number of halogens is 1. The Labute approximate surface area is 245 Å². The summed E-state index contributed by atoms with van der Waals surface area (Å²) in [6, 6.07) is 18.7. The number of para-hydroxylation sites is 2. The number of hydrogen-bond donors (Lipinski definition) is 2. The second-order valence-electron chi connectivity index (χ2n) is 9.03. The third-order valence-electron chi connectivity index (χ3n) is 6.36. The number of ether oxygens (including phenoxy) is 2. The molecule has 0 fully saturated rings. The Morgan fingerprint density at radius 2 is 1.76 bits per heavy atom. The third kappa shape index (κ3) is 6.21. The summed E-state index contributed by atoms with van der Waals surface area (Å²) in [5.41, 5.74) is 2.55. The first-order chi connectivity index (χ1) is 19.9. The molecule has 2 aliphatic rings. The number of nitrogens with zero attached hydrogens (tertiary/aromatic N) is 3. The van der Waals surface area contributed by atoms with Crippen LogP contribution >= 0.6 is 23.4 Å². The van der Waals surface area contributed by atoms with E-state index in [9.17, 15) is 14.4 Å². The molecule has 5 rings (SSSR count). The van der Waals surface area contributed by atoms with Crippen LogP contribution in [0.25, 0.3) is 0 Å². The highest BCUT2D eigenvalue weighted by atomic mass is 35.5. The molecule has 41 heavy (non-hydrogen) atoms. The van der Waals surface area contributed by atoms with Crippen molar-refractivity contribution in [2.45, 2.75) is 19.0 Å². The highest BCUT2D eigenvalue weighted by molar-refractivity contribution is 8.14. The van der Waals surface area contributed by atoms with Crippen molar-refractivity contribution < 1.29 is 23.9 Å². The van der Waals surface area contributed by atoms with Gasteiger partial charge in [-0.25, -0.2) is 9.89 Å². The maximum absolute atomic E-state index is 13.5. The van der Waals surface area contributed by atoms with E-state index in [2.05, 4.69) is 20.6 Å². The molecule has 0 saturated heterocycles. The molecule has 3 aromatic carbocycles. The van der Waals surface area contributed by atoms with E-state index >= 15 is 0 Å². The van der Waals surface area contributed by atoms with Crippen molar-refractivity contribution in [2.75, 3.05) is 25.3 Å². The zero-order valence-corrected chi connectivity index (χ0v) is 23.8. The lowest BCUT2D eigenvalue weighted by molar-refractivity contribution is -0.128. The Kier molecular flexibility index (Phi) is 8.55. The van der Waals surface area contributed by atoms with Gasteiger partial charge in [-0.1, -0.05) is 53.7 Å². The molecule has 0 bridgehead atoms. The van der Waals surface area contributed by atoms with Gasteiger partial charge in [0.05, 0.1) is 37.8 Å². The Morgan fingerprint density at radius 1 is 1.00 bits per heavy atom. The predicted octanol–water partition coefficient (Wildman–Crippen LogP) is 4.39. The number of methoxy groups -OCH3 is 2. The number of amidine groups is 2. The molecule has 3 aromatic rings. The third-order valence-corrected chi connectivity index (χ3v) is 7.54. The smallest absolute Gasteiger partial charge is 0.259 e. The van der Waals surface area contributed by atoms with Crippen molar-refractivity contribution in [1.82, 2.24) is 10.2 Å². The highest BCUT2D eigenvalue weighted by Gasteiger charge is 2.42. The van der Waals surface area contributed by atoms with Gasteiger partial charge >= 0.3 is 0 Å². The molecule has 2 aliphatic heterocycles. The van der Waals surface area contributed by atoms with Crippen LogP contribution in [-0.4, -0.2) is 59.6 Å². The largest absolute Gasteiger partial charge is 0.496 e. The van der Waals surface area contributed by atoms with Gasteiger partial charge in [-0.3, -0.25) is 19.4 Å². The van der Waals surface area contributed by atoms with Crippen LogP contribution in [0.5, 0.6) is 11.5 Å². The topological polar surface area (TPSA) is 122 Å². The standard InChI is InChI=1S/C29H26ClN5O5S/c1-39-23-10-6-3-7-17(23)15-31-25(36)14-22-28(38)35-27(33-22)19-8-4-5-9-20(19)34-29(35)41-16-26(37)32-21-13-18(30)11-12-24(21)40-2/h3-13,22H,14-16H2,1-2H3,(H,31,36)(H,32,37). The zero-order chi connectivity index (χ0) is 28.9. The van der Waals surface area contributed by atoms with Gasteiger partial charge in [0.25, 0.3) is 5.91 Å². The number of fused-ring (bicyclic) bond motifs is 3. The van der Waals surface area contributed by atoms with Crippen molar-refractivity contribution >= 4 is 63.5 Å². The van der Waals surface area contributed by atoms with E-state index < -0.39 is 6.04 Å². The molecule has 0 aliphatic carbocycles. The summed E-state index contributed by atoms with van der Waals surface area (Å²) in [5, 5.41) is 6.38. The van der Waals surface area contributed by atoms with Gasteiger partial charge in [-0.05, 0) is 36.4 Å². The maximum atomic E-state index is 13.5. The molecule has 2 N–H and O–H groups in total. The van der Waals surface area contributed by atoms with Crippen LogP contribution < -0.4 is 20.1 Å². The van der Waals surface area contributed by atoms with E-state index in [-0.39, 0.29) is 36.4 Å². The Hall–Kier alpha value is -4.35. The first kappa shape index (κ1) is 28.2. The lowest BCUT2D eigenvalue weighted by Gasteiger charge is -2.25. The normalized spacial score (nSPS) is 15.3. The lowest BCUT2D eigenvalue weighted by Crippen LogP contribution is -2.42. The fraction of sp³-hybridized carbons (Fsp3) is 0.207. The van der Waals surface area contributed by atoms with E-state index in [0.29, 0.717) is 44.5 Å². The Morgan fingerprint density at radius 3 is 2.56 bits per heavy atom. The number of anilines is 1. The van der Waals surface area contributed by atoms with Crippen LogP contribution in [0, 0.1) is 0 Å². The molecule has 10 nitrogen and oxygen atoms in total. The van der Waals surface area contributed by atoms with E-state index in [4.69, 9.17) is 21.1 Å². The number of aliphatic imine (C=N–C) groups is 2.